The van der Waals surface area contributed by atoms with Crippen LogP contribution in [0, 0.1) is 12.3 Å². The molecule has 1 heterocycles. The lowest BCUT2D eigenvalue weighted by Crippen LogP contribution is -2.51. The van der Waals surface area contributed by atoms with Gasteiger partial charge in [0.15, 0.2) is 0 Å². The van der Waals surface area contributed by atoms with E-state index in [1.165, 1.54) is 32.7 Å². The summed E-state index contributed by atoms with van der Waals surface area (Å²) in [7, 11) is 0. The minimum atomic E-state index is 0.708. The Labute approximate surface area is 88.3 Å². The molecule has 0 saturated carbocycles. The predicted octanol–water partition coefficient (Wildman–Crippen LogP) is 1.43. The summed E-state index contributed by atoms with van der Waals surface area (Å²) in [6.45, 7) is 10.5. The van der Waals surface area contributed by atoms with Gasteiger partial charge in [-0.2, -0.15) is 0 Å². The van der Waals surface area contributed by atoms with Crippen LogP contribution >= 0.6 is 0 Å². The first-order chi connectivity index (χ1) is 6.77. The summed E-state index contributed by atoms with van der Waals surface area (Å²) in [6.07, 6.45) is 7.31. The van der Waals surface area contributed by atoms with Crippen molar-refractivity contribution in [2.24, 2.45) is 0 Å². The summed E-state index contributed by atoms with van der Waals surface area (Å²) in [5, 5.41) is 0. The molecule has 0 aromatic carbocycles. The smallest absolute Gasteiger partial charge is 0.0195 e. The number of unbranched alkanes of at least 4 members (excludes halogenated alkanes) is 1. The lowest BCUT2D eigenvalue weighted by Gasteiger charge is -2.39. The number of hydrogen-bond donors (Lipinski definition) is 0. The molecule has 1 saturated heterocycles. The Morgan fingerprint density at radius 1 is 1.43 bits per heavy atom. The maximum atomic E-state index is 5.24. The van der Waals surface area contributed by atoms with E-state index in [2.05, 4.69) is 29.6 Å². The Kier molecular flexibility index (Phi) is 5.00. The maximum absolute atomic E-state index is 5.24. The third-order valence-electron chi connectivity index (χ3n) is 3.05. The zero-order valence-electron chi connectivity index (χ0n) is 9.50. The van der Waals surface area contributed by atoms with Gasteiger partial charge in [-0.15, -0.1) is 12.3 Å². The summed E-state index contributed by atoms with van der Waals surface area (Å²) in [5.74, 6) is 2.70. The van der Waals surface area contributed by atoms with Gasteiger partial charge in [-0.05, 0) is 26.4 Å². The van der Waals surface area contributed by atoms with Gasteiger partial charge in [-0.1, -0.05) is 6.92 Å². The lowest BCUT2D eigenvalue weighted by molar-refractivity contribution is 0.0877. The lowest BCUT2D eigenvalue weighted by atomic mass is 10.2. The number of hydrogen-bond acceptors (Lipinski definition) is 2. The SMILES string of the molecule is C#CCCCN1CCN(CC)C(C)C1. The van der Waals surface area contributed by atoms with E-state index in [-0.39, 0.29) is 0 Å². The van der Waals surface area contributed by atoms with E-state index in [4.69, 9.17) is 6.42 Å². The van der Waals surface area contributed by atoms with Crippen LogP contribution < -0.4 is 0 Å². The van der Waals surface area contributed by atoms with Crippen LogP contribution in [0.25, 0.3) is 0 Å². The molecule has 80 valence electrons. The number of nitrogens with zero attached hydrogens (tertiary/aromatic N) is 2. The van der Waals surface area contributed by atoms with Crippen LogP contribution in [-0.2, 0) is 0 Å². The first-order valence-electron chi connectivity index (χ1n) is 5.67. The summed E-state index contributed by atoms with van der Waals surface area (Å²) in [6, 6.07) is 0.708. The van der Waals surface area contributed by atoms with Crippen LogP contribution in [0.5, 0.6) is 0 Å². The van der Waals surface area contributed by atoms with Gasteiger partial charge in [-0.25, -0.2) is 0 Å². The first kappa shape index (κ1) is 11.6. The van der Waals surface area contributed by atoms with Crippen LogP contribution in [0.1, 0.15) is 26.7 Å². The third kappa shape index (κ3) is 3.32. The normalized spacial score (nSPS) is 24.8. The predicted molar refractivity (Wildman–Crippen MR) is 61.2 cm³/mol. The molecule has 0 aliphatic carbocycles. The van der Waals surface area contributed by atoms with Crippen molar-refractivity contribution in [3.05, 3.63) is 0 Å². The molecule has 2 nitrogen and oxygen atoms in total. The third-order valence-corrected chi connectivity index (χ3v) is 3.05. The Balaban J connectivity index is 2.22. The van der Waals surface area contributed by atoms with E-state index in [9.17, 15) is 0 Å². The largest absolute Gasteiger partial charge is 0.300 e. The number of likely N-dealkylation sites (N-methyl/N-ethyl adjacent to an activating group) is 1. The van der Waals surface area contributed by atoms with Crippen molar-refractivity contribution in [1.29, 1.82) is 0 Å². The van der Waals surface area contributed by atoms with Gasteiger partial charge in [0.25, 0.3) is 0 Å². The highest BCUT2D eigenvalue weighted by Gasteiger charge is 2.21. The molecule has 0 spiro atoms. The molecule has 2 heteroatoms. The average Bonchev–Trinajstić information content (AvgIpc) is 2.18. The molecule has 0 aromatic rings. The second-order valence-electron chi connectivity index (χ2n) is 4.09. The molecular formula is C12H22N2. The Morgan fingerprint density at radius 2 is 2.21 bits per heavy atom. The van der Waals surface area contributed by atoms with Crippen molar-refractivity contribution in [3.8, 4) is 12.3 Å². The van der Waals surface area contributed by atoms with Crippen LogP contribution in [0.4, 0.5) is 0 Å². The number of piperazine rings is 1. The zero-order chi connectivity index (χ0) is 10.4. The average molecular weight is 194 g/mol. The monoisotopic (exact) mass is 194 g/mol. The molecular weight excluding hydrogens is 172 g/mol. The summed E-state index contributed by atoms with van der Waals surface area (Å²) < 4.78 is 0. The van der Waals surface area contributed by atoms with Crippen molar-refractivity contribution >= 4 is 0 Å². The maximum Gasteiger partial charge on any atom is 0.0195 e. The van der Waals surface area contributed by atoms with E-state index in [1.54, 1.807) is 0 Å². The zero-order valence-corrected chi connectivity index (χ0v) is 9.50. The van der Waals surface area contributed by atoms with Crippen LogP contribution in [0.2, 0.25) is 0 Å². The van der Waals surface area contributed by atoms with Crippen molar-refractivity contribution in [2.75, 3.05) is 32.7 Å². The summed E-state index contributed by atoms with van der Waals surface area (Å²) in [4.78, 5) is 5.08. The summed E-state index contributed by atoms with van der Waals surface area (Å²) in [5.41, 5.74) is 0. The van der Waals surface area contributed by atoms with Crippen molar-refractivity contribution in [2.45, 2.75) is 32.7 Å². The molecule has 14 heavy (non-hydrogen) atoms. The highest BCUT2D eigenvalue weighted by atomic mass is 15.3. The molecule has 0 N–H and O–H groups in total. The van der Waals surface area contributed by atoms with Gasteiger partial charge in [0, 0.05) is 32.1 Å². The van der Waals surface area contributed by atoms with E-state index >= 15 is 0 Å². The molecule has 1 aliphatic heterocycles. The minimum Gasteiger partial charge on any atom is -0.300 e. The van der Waals surface area contributed by atoms with Crippen LogP contribution in [0.3, 0.4) is 0 Å². The molecule has 1 unspecified atom stereocenters. The molecule has 1 atom stereocenters. The van der Waals surface area contributed by atoms with Crippen molar-refractivity contribution in [3.63, 3.8) is 0 Å². The topological polar surface area (TPSA) is 6.48 Å². The van der Waals surface area contributed by atoms with E-state index in [0.717, 1.165) is 12.8 Å². The van der Waals surface area contributed by atoms with Gasteiger partial charge >= 0.3 is 0 Å². The Morgan fingerprint density at radius 3 is 2.79 bits per heavy atom. The minimum absolute atomic E-state index is 0.708. The van der Waals surface area contributed by atoms with Gasteiger partial charge < -0.3 is 4.90 Å². The molecule has 1 rings (SSSR count). The second-order valence-corrected chi connectivity index (χ2v) is 4.09. The fourth-order valence-electron chi connectivity index (χ4n) is 2.15. The van der Waals surface area contributed by atoms with Gasteiger partial charge in [0.1, 0.15) is 0 Å². The van der Waals surface area contributed by atoms with Gasteiger partial charge in [-0.3, -0.25) is 4.90 Å². The number of terminal acetylenes is 1. The van der Waals surface area contributed by atoms with E-state index in [1.807, 2.05) is 0 Å². The second kappa shape index (κ2) is 6.06. The molecule has 0 aromatic heterocycles. The van der Waals surface area contributed by atoms with Crippen LogP contribution in [0.15, 0.2) is 0 Å². The van der Waals surface area contributed by atoms with Crippen LogP contribution in [-0.4, -0.2) is 48.6 Å². The molecule has 1 fully saturated rings. The first-order valence-corrected chi connectivity index (χ1v) is 5.67. The highest BCUT2D eigenvalue weighted by molar-refractivity contribution is 4.84. The molecule has 0 amide bonds. The molecule has 1 aliphatic rings. The van der Waals surface area contributed by atoms with Gasteiger partial charge in [0.2, 0.25) is 0 Å². The van der Waals surface area contributed by atoms with Gasteiger partial charge in [0.05, 0.1) is 0 Å². The fourth-order valence-corrected chi connectivity index (χ4v) is 2.15. The Hall–Kier alpha value is -0.520. The summed E-state index contributed by atoms with van der Waals surface area (Å²) >= 11 is 0. The Bertz CT molecular complexity index is 195. The standard InChI is InChI=1S/C12H22N2/c1-4-6-7-8-13-9-10-14(5-2)12(3)11-13/h1,12H,5-11H2,2-3H3. The van der Waals surface area contributed by atoms with Crippen molar-refractivity contribution < 1.29 is 0 Å². The quantitative estimate of drug-likeness (QED) is 0.493. The van der Waals surface area contributed by atoms with E-state index < -0.39 is 0 Å². The van der Waals surface area contributed by atoms with Crippen molar-refractivity contribution in [1.82, 2.24) is 9.80 Å². The highest BCUT2D eigenvalue weighted by Crippen LogP contribution is 2.09. The van der Waals surface area contributed by atoms with E-state index in [0.29, 0.717) is 6.04 Å². The fraction of sp³-hybridized carbons (Fsp3) is 0.833. The molecule has 0 radical (unpaired) electrons. The molecule has 0 bridgehead atoms. The number of rotatable bonds is 4.